The number of halogens is 1. The summed E-state index contributed by atoms with van der Waals surface area (Å²) >= 11 is 0. The van der Waals surface area contributed by atoms with Crippen molar-refractivity contribution >= 4 is 11.4 Å². The number of fused-ring (bicyclic) bond motifs is 1. The highest BCUT2D eigenvalue weighted by Crippen LogP contribution is 2.31. The number of rotatable bonds is 4. The van der Waals surface area contributed by atoms with Gasteiger partial charge in [-0.1, -0.05) is 12.1 Å². The van der Waals surface area contributed by atoms with Crippen molar-refractivity contribution in [1.29, 1.82) is 0 Å². The van der Waals surface area contributed by atoms with E-state index >= 15 is 0 Å². The summed E-state index contributed by atoms with van der Waals surface area (Å²) in [6.07, 6.45) is 3.51. The van der Waals surface area contributed by atoms with Gasteiger partial charge >= 0.3 is 0 Å². The Kier molecular flexibility index (Phi) is 3.38. The number of carbonyl (C=O) groups is 1. The van der Waals surface area contributed by atoms with E-state index in [0.717, 1.165) is 23.1 Å². The predicted molar refractivity (Wildman–Crippen MR) is 66.2 cm³/mol. The number of allylic oxidation sites excluding steroid dienone is 1. The summed E-state index contributed by atoms with van der Waals surface area (Å²) in [5.74, 6) is -0.0703. The van der Waals surface area contributed by atoms with Crippen molar-refractivity contribution in [2.24, 2.45) is 0 Å². The van der Waals surface area contributed by atoms with Crippen molar-refractivity contribution in [3.05, 3.63) is 41.2 Å². The Morgan fingerprint density at radius 2 is 2.29 bits per heavy atom. The maximum Gasteiger partial charge on any atom is 0.147 e. The van der Waals surface area contributed by atoms with Crippen molar-refractivity contribution in [3.63, 3.8) is 0 Å². The highest BCUT2D eigenvalue weighted by atomic mass is 19.1. The van der Waals surface area contributed by atoms with E-state index in [-0.39, 0.29) is 17.6 Å². The molecular formula is C14H16FNO. The van der Waals surface area contributed by atoms with Crippen LogP contribution in [0.5, 0.6) is 0 Å². The number of nitrogens with one attached hydrogen (secondary N) is 1. The third-order valence-corrected chi connectivity index (χ3v) is 3.24. The second-order valence-electron chi connectivity index (χ2n) is 4.39. The van der Waals surface area contributed by atoms with Crippen LogP contribution in [0.25, 0.3) is 5.57 Å². The molecular weight excluding hydrogens is 217 g/mol. The van der Waals surface area contributed by atoms with E-state index in [1.165, 1.54) is 6.07 Å². The molecule has 0 radical (unpaired) electrons. The van der Waals surface area contributed by atoms with Crippen molar-refractivity contribution in [1.82, 2.24) is 5.32 Å². The van der Waals surface area contributed by atoms with Gasteiger partial charge in [-0.2, -0.15) is 0 Å². The monoisotopic (exact) mass is 233 g/mol. The van der Waals surface area contributed by atoms with Gasteiger partial charge in [-0.3, -0.25) is 4.79 Å². The van der Waals surface area contributed by atoms with Gasteiger partial charge in [0, 0.05) is 0 Å². The molecule has 0 heterocycles. The van der Waals surface area contributed by atoms with E-state index in [0.29, 0.717) is 6.42 Å². The molecule has 0 aliphatic heterocycles. The molecule has 0 aromatic heterocycles. The maximum absolute atomic E-state index is 13.1. The summed E-state index contributed by atoms with van der Waals surface area (Å²) in [5.41, 5.74) is 3.22. The number of hydrogen-bond acceptors (Lipinski definition) is 2. The number of ketones is 1. The molecule has 17 heavy (non-hydrogen) atoms. The van der Waals surface area contributed by atoms with Crippen molar-refractivity contribution in [2.75, 3.05) is 7.05 Å². The molecule has 1 aliphatic carbocycles. The smallest absolute Gasteiger partial charge is 0.147 e. The quantitative estimate of drug-likeness (QED) is 0.864. The van der Waals surface area contributed by atoms with Gasteiger partial charge < -0.3 is 5.32 Å². The van der Waals surface area contributed by atoms with Gasteiger partial charge in [-0.05, 0) is 55.6 Å². The first-order valence-electron chi connectivity index (χ1n) is 5.77. The third kappa shape index (κ3) is 2.44. The molecule has 1 N–H and O–H groups in total. The highest BCUT2D eigenvalue weighted by Gasteiger charge is 2.20. The van der Waals surface area contributed by atoms with E-state index in [1.807, 2.05) is 0 Å². The van der Waals surface area contributed by atoms with Crippen molar-refractivity contribution in [3.8, 4) is 0 Å². The van der Waals surface area contributed by atoms with Crippen LogP contribution < -0.4 is 5.32 Å². The van der Waals surface area contributed by atoms with Gasteiger partial charge in [0.05, 0.1) is 6.04 Å². The normalized spacial score (nSPS) is 15.4. The number of likely N-dealkylation sites (N-methyl/N-ethyl adjacent to an activating group) is 1. The van der Waals surface area contributed by atoms with Crippen LogP contribution in [0.1, 0.15) is 24.5 Å². The van der Waals surface area contributed by atoms with E-state index in [2.05, 4.69) is 11.4 Å². The van der Waals surface area contributed by atoms with Crippen molar-refractivity contribution in [2.45, 2.75) is 25.8 Å². The molecule has 90 valence electrons. The molecule has 0 saturated heterocycles. The Morgan fingerprint density at radius 1 is 1.53 bits per heavy atom. The molecule has 0 bridgehead atoms. The minimum atomic E-state index is -0.199. The van der Waals surface area contributed by atoms with Gasteiger partial charge in [0.15, 0.2) is 0 Å². The second-order valence-corrected chi connectivity index (χ2v) is 4.39. The van der Waals surface area contributed by atoms with Crippen LogP contribution in [0, 0.1) is 5.82 Å². The number of carbonyl (C=O) groups excluding carboxylic acids is 1. The molecule has 0 amide bonds. The average Bonchev–Trinajstić information content (AvgIpc) is 2.67. The fourth-order valence-corrected chi connectivity index (χ4v) is 2.25. The molecule has 0 spiro atoms. The number of Topliss-reactive ketones (excluding diaryl/α,β-unsaturated/α-hetero) is 1. The lowest BCUT2D eigenvalue weighted by atomic mass is 9.98. The third-order valence-electron chi connectivity index (χ3n) is 3.24. The lowest BCUT2D eigenvalue weighted by Gasteiger charge is -2.14. The minimum absolute atomic E-state index is 0.129. The van der Waals surface area contributed by atoms with Crippen LogP contribution >= 0.6 is 0 Å². The largest absolute Gasteiger partial charge is 0.310 e. The molecule has 2 rings (SSSR count). The molecule has 0 fully saturated rings. The fraction of sp³-hybridized carbons (Fsp3) is 0.357. The van der Waals surface area contributed by atoms with E-state index in [4.69, 9.17) is 0 Å². The lowest BCUT2D eigenvalue weighted by Crippen LogP contribution is -2.32. The van der Waals surface area contributed by atoms with Crippen LogP contribution in [-0.4, -0.2) is 18.9 Å². The Bertz CT molecular complexity index is 479. The first kappa shape index (κ1) is 12.0. The van der Waals surface area contributed by atoms with E-state index in [1.54, 1.807) is 26.1 Å². The molecule has 2 nitrogen and oxygen atoms in total. The fourth-order valence-electron chi connectivity index (χ4n) is 2.25. The molecule has 0 saturated carbocycles. The van der Waals surface area contributed by atoms with Crippen LogP contribution in [0.3, 0.4) is 0 Å². The molecule has 3 heteroatoms. The average molecular weight is 233 g/mol. The molecule has 1 aliphatic rings. The topological polar surface area (TPSA) is 29.1 Å². The van der Waals surface area contributed by atoms with Gasteiger partial charge in [0.1, 0.15) is 11.6 Å². The van der Waals surface area contributed by atoms with E-state index in [9.17, 15) is 9.18 Å². The highest BCUT2D eigenvalue weighted by molar-refractivity contribution is 5.85. The first-order chi connectivity index (χ1) is 8.11. The minimum Gasteiger partial charge on any atom is -0.310 e. The van der Waals surface area contributed by atoms with Gasteiger partial charge in [0.2, 0.25) is 0 Å². The molecule has 0 unspecified atom stereocenters. The van der Waals surface area contributed by atoms with Crippen LogP contribution in [-0.2, 0) is 11.2 Å². The van der Waals surface area contributed by atoms with Gasteiger partial charge in [-0.25, -0.2) is 4.39 Å². The number of benzene rings is 1. The predicted octanol–water partition coefficient (Wildman–Crippen LogP) is 2.33. The molecule has 1 aromatic carbocycles. The van der Waals surface area contributed by atoms with Crippen LogP contribution in [0.15, 0.2) is 24.3 Å². The molecule has 1 aromatic rings. The summed E-state index contributed by atoms with van der Waals surface area (Å²) in [5, 5.41) is 3.01. The summed E-state index contributed by atoms with van der Waals surface area (Å²) in [7, 11) is 1.78. The Balaban J connectivity index is 2.19. The van der Waals surface area contributed by atoms with Gasteiger partial charge in [-0.15, -0.1) is 0 Å². The zero-order valence-electron chi connectivity index (χ0n) is 10.1. The summed E-state index contributed by atoms with van der Waals surface area (Å²) in [6.45, 7) is 1.59. The standard InChI is InChI=1S/C14H16FNO/c1-9(17)14(16-2)8-11-4-3-10-7-12(15)5-6-13(10)11/h4-7,14,16H,3,8H2,1-2H3/t14-/m0/s1. The SMILES string of the molecule is CN[C@@H](CC1=CCc2cc(F)ccc21)C(C)=O. The summed E-state index contributed by atoms with van der Waals surface area (Å²) in [4.78, 5) is 11.4. The Labute approximate surface area is 101 Å². The second kappa shape index (κ2) is 4.80. The lowest BCUT2D eigenvalue weighted by molar-refractivity contribution is -0.118. The Morgan fingerprint density at radius 3 is 2.94 bits per heavy atom. The first-order valence-corrected chi connectivity index (χ1v) is 5.77. The molecule has 1 atom stereocenters. The maximum atomic E-state index is 13.1. The zero-order valence-corrected chi connectivity index (χ0v) is 10.1. The zero-order chi connectivity index (χ0) is 12.4. The number of hydrogen-bond donors (Lipinski definition) is 1. The van der Waals surface area contributed by atoms with Gasteiger partial charge in [0.25, 0.3) is 0 Å². The Hall–Kier alpha value is -1.48. The van der Waals surface area contributed by atoms with Crippen LogP contribution in [0.4, 0.5) is 4.39 Å². The van der Waals surface area contributed by atoms with Crippen molar-refractivity contribution < 1.29 is 9.18 Å². The summed E-state index contributed by atoms with van der Waals surface area (Å²) < 4.78 is 13.1. The van der Waals surface area contributed by atoms with E-state index < -0.39 is 0 Å². The van der Waals surface area contributed by atoms with Crippen LogP contribution in [0.2, 0.25) is 0 Å². The summed E-state index contributed by atoms with van der Waals surface area (Å²) in [6, 6.07) is 4.69.